The van der Waals surface area contributed by atoms with Gasteiger partial charge in [-0.2, -0.15) is 0 Å². The van der Waals surface area contributed by atoms with Crippen molar-refractivity contribution in [2.24, 2.45) is 17.4 Å². The van der Waals surface area contributed by atoms with Crippen LogP contribution < -0.4 is 11.5 Å². The van der Waals surface area contributed by atoms with E-state index in [1.54, 1.807) is 6.92 Å². The minimum Gasteiger partial charge on any atom is -0.309 e. The monoisotopic (exact) mass is 232 g/mol. The molecule has 0 aromatic heterocycles. The van der Waals surface area contributed by atoms with Crippen molar-refractivity contribution < 1.29 is 0 Å². The molecule has 0 aromatic carbocycles. The van der Waals surface area contributed by atoms with Gasteiger partial charge in [-0.1, -0.05) is 44.2 Å². The van der Waals surface area contributed by atoms with Crippen LogP contribution in [0.4, 0.5) is 0 Å². The van der Waals surface area contributed by atoms with E-state index in [9.17, 15) is 0 Å². The van der Waals surface area contributed by atoms with Crippen LogP contribution in [0.5, 0.6) is 0 Å². The highest BCUT2D eigenvalue weighted by atomic mass is 32.1. The zero-order chi connectivity index (χ0) is 11.4. The summed E-state index contributed by atoms with van der Waals surface area (Å²) in [5.74, 6) is 0.0231. The lowest BCUT2D eigenvalue weighted by molar-refractivity contribution is 0.429. The highest BCUT2D eigenvalue weighted by Crippen LogP contribution is 2.20. The van der Waals surface area contributed by atoms with Gasteiger partial charge in [-0.15, -0.1) is 0 Å². The van der Waals surface area contributed by atoms with E-state index in [0.717, 1.165) is 24.1 Å². The van der Waals surface area contributed by atoms with Crippen LogP contribution in [0.3, 0.4) is 0 Å². The molecule has 0 saturated carbocycles. The minimum atomic E-state index is -0.920. The van der Waals surface area contributed by atoms with Crippen molar-refractivity contribution in [3.63, 3.8) is 0 Å². The molecule has 1 atom stereocenters. The van der Waals surface area contributed by atoms with Gasteiger partial charge in [0, 0.05) is 10.8 Å². The third kappa shape index (κ3) is 3.69. The minimum absolute atomic E-state index is 0.0231. The molecule has 4 heteroatoms. The number of hydrogen-bond donors (Lipinski definition) is 2. The predicted octanol–water partition coefficient (Wildman–Crippen LogP) is 2.19. The maximum absolute atomic E-state index is 5.99. The summed E-state index contributed by atoms with van der Waals surface area (Å²) in [7, 11) is 0. The first-order valence-electron chi connectivity index (χ1n) is 4.93. The Morgan fingerprint density at radius 2 is 1.79 bits per heavy atom. The Balaban J connectivity index is 4.64. The SMILES string of the molecule is CCCCC(C(C)=S)C(N)(N)C(C)=S. The molecule has 0 aliphatic heterocycles. The molecule has 0 saturated heterocycles. The lowest BCUT2D eigenvalue weighted by Gasteiger charge is -2.33. The maximum Gasteiger partial charge on any atom is 0.103 e. The molecule has 1 unspecified atom stereocenters. The van der Waals surface area contributed by atoms with Crippen molar-refractivity contribution in [2.45, 2.75) is 45.7 Å². The second-order valence-electron chi connectivity index (χ2n) is 3.79. The topological polar surface area (TPSA) is 52.0 Å². The Kier molecular flexibility index (Phi) is 5.90. The Labute approximate surface area is 97.4 Å². The summed E-state index contributed by atoms with van der Waals surface area (Å²) < 4.78 is 0. The van der Waals surface area contributed by atoms with Crippen molar-refractivity contribution in [3.05, 3.63) is 0 Å². The molecule has 0 aliphatic carbocycles. The predicted molar refractivity (Wildman–Crippen MR) is 70.7 cm³/mol. The molecular weight excluding hydrogens is 212 g/mol. The molecule has 0 aromatic rings. The Morgan fingerprint density at radius 1 is 1.29 bits per heavy atom. The fourth-order valence-corrected chi connectivity index (χ4v) is 1.89. The van der Waals surface area contributed by atoms with E-state index in [1.165, 1.54) is 0 Å². The van der Waals surface area contributed by atoms with E-state index >= 15 is 0 Å². The molecular formula is C10H20N2S2. The second kappa shape index (κ2) is 5.85. The van der Waals surface area contributed by atoms with Crippen LogP contribution in [0.15, 0.2) is 0 Å². The van der Waals surface area contributed by atoms with Crippen LogP contribution in [-0.4, -0.2) is 15.4 Å². The van der Waals surface area contributed by atoms with E-state index < -0.39 is 5.66 Å². The molecule has 2 nitrogen and oxygen atoms in total. The molecule has 0 fully saturated rings. The van der Waals surface area contributed by atoms with E-state index in [4.69, 9.17) is 35.9 Å². The summed E-state index contributed by atoms with van der Waals surface area (Å²) in [6.07, 6.45) is 3.12. The largest absolute Gasteiger partial charge is 0.309 e. The molecule has 0 radical (unpaired) electrons. The van der Waals surface area contributed by atoms with Gasteiger partial charge in [-0.25, -0.2) is 0 Å². The van der Waals surface area contributed by atoms with E-state index in [-0.39, 0.29) is 5.92 Å². The molecule has 4 N–H and O–H groups in total. The number of nitrogens with two attached hydrogens (primary N) is 2. The zero-order valence-electron chi connectivity index (χ0n) is 9.17. The van der Waals surface area contributed by atoms with Gasteiger partial charge in [0.05, 0.1) is 0 Å². The van der Waals surface area contributed by atoms with Gasteiger partial charge in [0.1, 0.15) is 5.66 Å². The number of hydrogen-bond acceptors (Lipinski definition) is 4. The zero-order valence-corrected chi connectivity index (χ0v) is 10.8. The van der Waals surface area contributed by atoms with Gasteiger partial charge in [0.15, 0.2) is 0 Å². The normalized spacial score (nSPS) is 13.8. The van der Waals surface area contributed by atoms with Gasteiger partial charge in [-0.05, 0) is 25.1 Å². The van der Waals surface area contributed by atoms with Crippen LogP contribution in [0.1, 0.15) is 40.0 Å². The van der Waals surface area contributed by atoms with Crippen LogP contribution >= 0.6 is 24.4 Å². The summed E-state index contributed by atoms with van der Waals surface area (Å²) in [6, 6.07) is 0. The summed E-state index contributed by atoms with van der Waals surface area (Å²) in [6.45, 7) is 5.81. The average Bonchev–Trinajstić information content (AvgIpc) is 2.03. The van der Waals surface area contributed by atoms with Crippen LogP contribution in [-0.2, 0) is 0 Å². The standard InChI is InChI=1S/C10H20N2S2/c1-4-5-6-9(7(2)13)10(11,12)8(3)14/h9H,4-6,11-12H2,1-3H3. The first kappa shape index (κ1) is 14.1. The molecule has 14 heavy (non-hydrogen) atoms. The van der Waals surface area contributed by atoms with Crippen molar-refractivity contribution in [1.29, 1.82) is 0 Å². The first-order chi connectivity index (χ1) is 6.34. The molecule has 0 heterocycles. The highest BCUT2D eigenvalue weighted by molar-refractivity contribution is 7.81. The number of unbranched alkanes of at least 4 members (excludes halogenated alkanes) is 1. The molecule has 0 spiro atoms. The Morgan fingerprint density at radius 3 is 2.07 bits per heavy atom. The summed E-state index contributed by atoms with van der Waals surface area (Å²) in [5.41, 5.74) is 11.1. The lowest BCUT2D eigenvalue weighted by atomic mass is 9.85. The van der Waals surface area contributed by atoms with Crippen LogP contribution in [0.25, 0.3) is 0 Å². The Bertz CT molecular complexity index is 224. The Hall–Kier alpha value is 0.100. The molecule has 0 aliphatic rings. The van der Waals surface area contributed by atoms with Crippen LogP contribution in [0.2, 0.25) is 0 Å². The molecule has 82 valence electrons. The maximum atomic E-state index is 5.99. The van der Waals surface area contributed by atoms with Crippen molar-refractivity contribution in [2.75, 3.05) is 0 Å². The number of rotatable bonds is 6. The summed E-state index contributed by atoms with van der Waals surface area (Å²) in [4.78, 5) is 1.48. The highest BCUT2D eigenvalue weighted by Gasteiger charge is 2.33. The van der Waals surface area contributed by atoms with Crippen molar-refractivity contribution in [1.82, 2.24) is 0 Å². The quantitative estimate of drug-likeness (QED) is 0.544. The smallest absolute Gasteiger partial charge is 0.103 e. The number of thiocarbonyl (C=S) groups is 2. The summed E-state index contributed by atoms with van der Waals surface area (Å²) >= 11 is 10.2. The van der Waals surface area contributed by atoms with Gasteiger partial charge in [-0.3, -0.25) is 0 Å². The fraction of sp³-hybridized carbons (Fsp3) is 0.800. The first-order valence-corrected chi connectivity index (χ1v) is 5.74. The molecule has 0 bridgehead atoms. The third-order valence-electron chi connectivity index (χ3n) is 2.52. The van der Waals surface area contributed by atoms with Crippen molar-refractivity contribution in [3.8, 4) is 0 Å². The van der Waals surface area contributed by atoms with E-state index in [2.05, 4.69) is 6.92 Å². The van der Waals surface area contributed by atoms with Gasteiger partial charge in [0.25, 0.3) is 0 Å². The van der Waals surface area contributed by atoms with Crippen molar-refractivity contribution >= 4 is 34.2 Å². The fourth-order valence-electron chi connectivity index (χ4n) is 1.43. The van der Waals surface area contributed by atoms with Gasteiger partial charge >= 0.3 is 0 Å². The van der Waals surface area contributed by atoms with Crippen LogP contribution in [0, 0.1) is 5.92 Å². The molecule has 0 rings (SSSR count). The van der Waals surface area contributed by atoms with Gasteiger partial charge in [0.2, 0.25) is 0 Å². The molecule has 0 amide bonds. The van der Waals surface area contributed by atoms with E-state index in [0.29, 0.717) is 4.86 Å². The lowest BCUT2D eigenvalue weighted by Crippen LogP contribution is -2.61. The summed E-state index contributed by atoms with van der Waals surface area (Å²) in [5, 5.41) is 0. The van der Waals surface area contributed by atoms with E-state index in [1.807, 2.05) is 6.92 Å². The second-order valence-corrected chi connectivity index (χ2v) is 5.05. The van der Waals surface area contributed by atoms with Gasteiger partial charge < -0.3 is 11.5 Å². The third-order valence-corrected chi connectivity index (χ3v) is 3.16. The average molecular weight is 232 g/mol.